The van der Waals surface area contributed by atoms with Crippen LogP contribution in [0.25, 0.3) is 0 Å². The highest BCUT2D eigenvalue weighted by Gasteiger charge is 2.40. The summed E-state index contributed by atoms with van der Waals surface area (Å²) in [6, 6.07) is 8.78. The first-order chi connectivity index (χ1) is 12.4. The molecule has 0 bridgehead atoms. The second-order valence-electron chi connectivity index (χ2n) is 7.30. The predicted molar refractivity (Wildman–Crippen MR) is 98.5 cm³/mol. The van der Waals surface area contributed by atoms with Crippen LogP contribution in [0.1, 0.15) is 45.1 Å². The highest BCUT2D eigenvalue weighted by Crippen LogP contribution is 2.30. The summed E-state index contributed by atoms with van der Waals surface area (Å²) in [5, 5.41) is 12.3. The van der Waals surface area contributed by atoms with Gasteiger partial charge < -0.3 is 15.3 Å². The van der Waals surface area contributed by atoms with Crippen molar-refractivity contribution >= 4 is 17.8 Å². The number of piperidine rings is 1. The summed E-state index contributed by atoms with van der Waals surface area (Å²) in [5.41, 5.74) is -0.0252. The fourth-order valence-corrected chi connectivity index (χ4v) is 3.40. The molecular weight excluding hydrogens is 332 g/mol. The Balaban J connectivity index is 2.02. The van der Waals surface area contributed by atoms with Crippen molar-refractivity contribution in [3.8, 4) is 0 Å². The molecule has 0 saturated carbocycles. The lowest BCUT2D eigenvalue weighted by atomic mass is 9.82. The number of benzene rings is 1. The molecule has 2 rings (SSSR count). The van der Waals surface area contributed by atoms with Crippen LogP contribution in [0.2, 0.25) is 0 Å². The average molecular weight is 360 g/mol. The van der Waals surface area contributed by atoms with E-state index in [9.17, 15) is 19.5 Å². The third kappa shape index (κ3) is 5.07. The van der Waals surface area contributed by atoms with Crippen LogP contribution in [0.4, 0.5) is 0 Å². The Kier molecular flexibility index (Phi) is 6.77. The number of carbonyl (C=O) groups is 3. The van der Waals surface area contributed by atoms with Crippen LogP contribution in [-0.4, -0.2) is 46.9 Å². The van der Waals surface area contributed by atoms with Crippen LogP contribution in [0.15, 0.2) is 30.3 Å². The number of carboxylic acids is 1. The zero-order chi connectivity index (χ0) is 19.2. The molecule has 1 aliphatic rings. The zero-order valence-electron chi connectivity index (χ0n) is 15.5. The predicted octanol–water partition coefficient (Wildman–Crippen LogP) is 2.23. The van der Waals surface area contributed by atoms with Gasteiger partial charge in [0.05, 0.1) is 11.8 Å². The van der Waals surface area contributed by atoms with Gasteiger partial charge in [0.1, 0.15) is 6.04 Å². The molecule has 2 atom stereocenters. The van der Waals surface area contributed by atoms with Crippen LogP contribution in [-0.2, 0) is 20.8 Å². The Labute approximate surface area is 154 Å². The first-order valence-corrected chi connectivity index (χ1v) is 9.21. The van der Waals surface area contributed by atoms with E-state index in [4.69, 9.17) is 0 Å². The monoisotopic (exact) mass is 360 g/mol. The van der Waals surface area contributed by atoms with E-state index in [1.807, 2.05) is 37.3 Å². The van der Waals surface area contributed by atoms with Crippen molar-refractivity contribution in [2.45, 2.75) is 52.0 Å². The minimum absolute atomic E-state index is 0.180. The smallest absolute Gasteiger partial charge is 0.311 e. The molecule has 1 aliphatic heterocycles. The van der Waals surface area contributed by atoms with Gasteiger partial charge in [0, 0.05) is 13.1 Å². The molecule has 2 amide bonds. The Morgan fingerprint density at radius 3 is 2.58 bits per heavy atom. The van der Waals surface area contributed by atoms with Gasteiger partial charge >= 0.3 is 5.97 Å². The molecule has 6 nitrogen and oxygen atoms in total. The first-order valence-electron chi connectivity index (χ1n) is 9.21. The minimum atomic E-state index is -0.918. The highest BCUT2D eigenvalue weighted by atomic mass is 16.4. The van der Waals surface area contributed by atoms with Crippen molar-refractivity contribution in [1.82, 2.24) is 10.2 Å². The first kappa shape index (κ1) is 19.9. The maximum absolute atomic E-state index is 12.9. The lowest BCUT2D eigenvalue weighted by Gasteiger charge is -2.39. The second-order valence-corrected chi connectivity index (χ2v) is 7.30. The molecule has 1 aromatic carbocycles. The van der Waals surface area contributed by atoms with E-state index in [0.29, 0.717) is 25.8 Å². The topological polar surface area (TPSA) is 86.7 Å². The maximum Gasteiger partial charge on any atom is 0.311 e. The molecule has 0 aliphatic carbocycles. The standard InChI is InChI=1S/C20H28N2O4/c1-3-8-16(21-17(23)13-15-9-5-4-6-10-15)18(24)22-12-7-11-20(2,14-22)19(25)26/h4-6,9-10,16H,3,7-8,11-14H2,1-2H3,(H,21,23)(H,25,26). The van der Waals surface area contributed by atoms with Gasteiger partial charge in [-0.15, -0.1) is 0 Å². The molecule has 2 N–H and O–H groups in total. The zero-order valence-corrected chi connectivity index (χ0v) is 15.5. The number of rotatable bonds is 7. The van der Waals surface area contributed by atoms with Gasteiger partial charge in [-0.3, -0.25) is 14.4 Å². The number of amides is 2. The molecule has 26 heavy (non-hydrogen) atoms. The Bertz CT molecular complexity index is 646. The molecule has 1 fully saturated rings. The van der Waals surface area contributed by atoms with Crippen LogP contribution < -0.4 is 5.32 Å². The van der Waals surface area contributed by atoms with Crippen molar-refractivity contribution in [3.05, 3.63) is 35.9 Å². The Hall–Kier alpha value is -2.37. The Morgan fingerprint density at radius 1 is 1.27 bits per heavy atom. The van der Waals surface area contributed by atoms with E-state index < -0.39 is 17.4 Å². The summed E-state index contributed by atoms with van der Waals surface area (Å²) in [7, 11) is 0. The summed E-state index contributed by atoms with van der Waals surface area (Å²) in [6.07, 6.45) is 2.74. The summed E-state index contributed by atoms with van der Waals surface area (Å²) >= 11 is 0. The van der Waals surface area contributed by atoms with E-state index in [1.165, 1.54) is 0 Å². The summed E-state index contributed by atoms with van der Waals surface area (Å²) < 4.78 is 0. The normalized spacial score (nSPS) is 21.1. The number of aliphatic carboxylic acids is 1. The summed E-state index contributed by atoms with van der Waals surface area (Å²) in [5.74, 6) is -1.25. The molecule has 0 radical (unpaired) electrons. The van der Waals surface area contributed by atoms with Crippen molar-refractivity contribution in [2.24, 2.45) is 5.41 Å². The van der Waals surface area contributed by atoms with Crippen LogP contribution in [0.5, 0.6) is 0 Å². The lowest BCUT2D eigenvalue weighted by molar-refractivity contribution is -0.154. The summed E-state index contributed by atoms with van der Waals surface area (Å²) in [4.78, 5) is 38.4. The second kappa shape index (κ2) is 8.83. The van der Waals surface area contributed by atoms with Gasteiger partial charge in [-0.2, -0.15) is 0 Å². The Morgan fingerprint density at radius 2 is 1.96 bits per heavy atom. The average Bonchev–Trinajstić information content (AvgIpc) is 2.61. The molecule has 142 valence electrons. The van der Waals surface area contributed by atoms with Gasteiger partial charge in [0.25, 0.3) is 0 Å². The molecule has 1 saturated heterocycles. The van der Waals surface area contributed by atoms with E-state index in [2.05, 4.69) is 5.32 Å². The van der Waals surface area contributed by atoms with Crippen LogP contribution >= 0.6 is 0 Å². The van der Waals surface area contributed by atoms with Crippen LogP contribution in [0.3, 0.4) is 0 Å². The third-order valence-corrected chi connectivity index (χ3v) is 4.94. The van der Waals surface area contributed by atoms with Crippen LogP contribution in [0, 0.1) is 5.41 Å². The molecule has 6 heteroatoms. The molecular formula is C20H28N2O4. The van der Waals surface area contributed by atoms with Gasteiger partial charge in [0.2, 0.25) is 11.8 Å². The van der Waals surface area contributed by atoms with Gasteiger partial charge in [-0.1, -0.05) is 43.7 Å². The van der Waals surface area contributed by atoms with E-state index in [-0.39, 0.29) is 24.8 Å². The van der Waals surface area contributed by atoms with Crippen molar-refractivity contribution in [3.63, 3.8) is 0 Å². The van der Waals surface area contributed by atoms with Gasteiger partial charge in [-0.05, 0) is 31.7 Å². The third-order valence-electron chi connectivity index (χ3n) is 4.94. The van der Waals surface area contributed by atoms with Gasteiger partial charge in [-0.25, -0.2) is 0 Å². The maximum atomic E-state index is 12.9. The quantitative estimate of drug-likeness (QED) is 0.781. The van der Waals surface area contributed by atoms with E-state index >= 15 is 0 Å². The molecule has 0 spiro atoms. The number of nitrogens with zero attached hydrogens (tertiary/aromatic N) is 1. The van der Waals surface area contributed by atoms with Crippen molar-refractivity contribution < 1.29 is 19.5 Å². The van der Waals surface area contributed by atoms with E-state index in [1.54, 1.807) is 11.8 Å². The molecule has 1 heterocycles. The van der Waals surface area contributed by atoms with Gasteiger partial charge in [0.15, 0.2) is 0 Å². The lowest BCUT2D eigenvalue weighted by Crippen LogP contribution is -2.54. The number of hydrogen-bond donors (Lipinski definition) is 2. The van der Waals surface area contributed by atoms with Crippen molar-refractivity contribution in [2.75, 3.05) is 13.1 Å². The molecule has 2 unspecified atom stereocenters. The number of likely N-dealkylation sites (tertiary alicyclic amines) is 1. The number of carboxylic acid groups (broad SMARTS) is 1. The fraction of sp³-hybridized carbons (Fsp3) is 0.550. The number of hydrogen-bond acceptors (Lipinski definition) is 3. The number of carbonyl (C=O) groups excluding carboxylic acids is 2. The molecule has 0 aromatic heterocycles. The number of nitrogens with one attached hydrogen (secondary N) is 1. The minimum Gasteiger partial charge on any atom is -0.481 e. The fourth-order valence-electron chi connectivity index (χ4n) is 3.40. The SMILES string of the molecule is CCCC(NC(=O)Cc1ccccc1)C(=O)N1CCCC(C)(C(=O)O)C1. The molecule has 1 aromatic rings. The summed E-state index contributed by atoms with van der Waals surface area (Å²) in [6.45, 7) is 4.37. The largest absolute Gasteiger partial charge is 0.481 e. The van der Waals surface area contributed by atoms with Crippen molar-refractivity contribution in [1.29, 1.82) is 0 Å². The van der Waals surface area contributed by atoms with E-state index in [0.717, 1.165) is 12.0 Å². The highest BCUT2D eigenvalue weighted by molar-refractivity contribution is 5.89.